The zero-order chi connectivity index (χ0) is 3.58. The first-order valence-electron chi connectivity index (χ1n) is 0.707. The summed E-state index contributed by atoms with van der Waals surface area (Å²) in [7, 11) is -2.92. The van der Waals surface area contributed by atoms with Crippen molar-refractivity contribution in [3.8, 4) is 0 Å². The molecular formula is H2BCaO4Tb. The standard InChI is InChI=1S/BO3.Ca.H2O.Tb.H/c2-1(3)4;;;;/h;;1H2;;/q-3;+1;;+3;/p-1. The van der Waals surface area contributed by atoms with Crippen LogP contribution in [-0.4, -0.2) is 50.5 Å². The molecular weight excluding hydrogens is 274 g/mol. The van der Waals surface area contributed by atoms with Gasteiger partial charge < -0.3 is 20.5 Å². The van der Waals surface area contributed by atoms with Crippen LogP contribution in [-0.2, 0) is 0 Å². The minimum atomic E-state index is -2.92. The van der Waals surface area contributed by atoms with Gasteiger partial charge >= 0.3 is 76.3 Å². The van der Waals surface area contributed by atoms with E-state index in [0.717, 1.165) is 0 Å². The molecule has 0 heterocycles. The third-order valence-electron chi connectivity index (χ3n) is 0. The van der Waals surface area contributed by atoms with Crippen LogP contribution in [0.2, 0.25) is 0 Å². The molecule has 0 aromatic rings. The first-order chi connectivity index (χ1) is 1.73. The maximum absolute atomic E-state index is 8.42. The Morgan fingerprint density at radius 2 is 1.00 bits per heavy atom. The second kappa shape index (κ2) is 15.8. The molecule has 0 aromatic carbocycles. The van der Waals surface area contributed by atoms with E-state index in [-0.39, 0.29) is 81.8 Å². The quantitative estimate of drug-likeness (QED) is 0.414. The zero-order valence-corrected chi connectivity index (χ0v) is 8.84. The molecule has 0 saturated carbocycles. The fourth-order valence-electron chi connectivity index (χ4n) is 0. The van der Waals surface area contributed by atoms with Gasteiger partial charge in [0.15, 0.2) is 0 Å². The number of hydrogen-bond acceptors (Lipinski definition) is 4. The molecule has 0 unspecified atom stereocenters. The SMILES string of the molecule is [CaH+].[O-]B([O-])[O-].[OH-].[Tb+3]. The molecule has 0 aliphatic carbocycles. The third kappa shape index (κ3) is 58.6. The summed E-state index contributed by atoms with van der Waals surface area (Å²) in [6.45, 7) is 0. The van der Waals surface area contributed by atoms with Gasteiger partial charge in [-0.2, -0.15) is 0 Å². The van der Waals surface area contributed by atoms with Crippen molar-refractivity contribution in [1.82, 2.24) is 0 Å². The summed E-state index contributed by atoms with van der Waals surface area (Å²) in [5, 5.41) is 25.2. The Hall–Kier alpha value is 2.45. The fourth-order valence-corrected chi connectivity index (χ4v) is 0. The summed E-state index contributed by atoms with van der Waals surface area (Å²) in [5.74, 6) is 0. The molecule has 0 radical (unpaired) electrons. The molecule has 7 heavy (non-hydrogen) atoms. The third-order valence-corrected chi connectivity index (χ3v) is 0. The van der Waals surface area contributed by atoms with Crippen LogP contribution in [0.4, 0.5) is 0 Å². The summed E-state index contributed by atoms with van der Waals surface area (Å²) < 4.78 is 0. The van der Waals surface area contributed by atoms with Crippen molar-refractivity contribution in [2.45, 2.75) is 0 Å². The van der Waals surface area contributed by atoms with Crippen molar-refractivity contribution in [1.29, 1.82) is 0 Å². The molecule has 0 aliphatic heterocycles. The molecule has 0 rings (SSSR count). The van der Waals surface area contributed by atoms with Gasteiger partial charge in [0.05, 0.1) is 0 Å². The van der Waals surface area contributed by atoms with Gasteiger partial charge in [0, 0.05) is 0 Å². The summed E-state index contributed by atoms with van der Waals surface area (Å²) in [5.41, 5.74) is 0. The van der Waals surface area contributed by atoms with Gasteiger partial charge in [0.25, 0.3) is 0 Å². The minimum absolute atomic E-state index is 0. The van der Waals surface area contributed by atoms with E-state index in [9.17, 15) is 0 Å². The van der Waals surface area contributed by atoms with Crippen molar-refractivity contribution in [3.63, 3.8) is 0 Å². The van der Waals surface area contributed by atoms with Gasteiger partial charge in [-0.15, -0.1) is 0 Å². The van der Waals surface area contributed by atoms with Crippen molar-refractivity contribution in [2.75, 3.05) is 0 Å². The monoisotopic (exact) mass is 276 g/mol. The van der Waals surface area contributed by atoms with Crippen molar-refractivity contribution in [3.05, 3.63) is 0 Å². The molecule has 0 amide bonds. The van der Waals surface area contributed by atoms with Gasteiger partial charge in [0.1, 0.15) is 0 Å². The molecule has 1 N–H and O–H groups in total. The Morgan fingerprint density at radius 1 is 1.00 bits per heavy atom. The van der Waals surface area contributed by atoms with Crippen LogP contribution in [0, 0.1) is 38.6 Å². The second-order valence-electron chi connectivity index (χ2n) is 0.289. The van der Waals surface area contributed by atoms with Gasteiger partial charge in [-0.25, -0.2) is 0 Å². The second-order valence-corrected chi connectivity index (χ2v) is 0.289. The molecule has 0 atom stereocenters. The van der Waals surface area contributed by atoms with E-state index in [0.29, 0.717) is 0 Å². The summed E-state index contributed by atoms with van der Waals surface area (Å²) in [6.07, 6.45) is 0. The maximum Gasteiger partial charge on any atom is 3.00 e. The van der Waals surface area contributed by atoms with Crippen LogP contribution < -0.4 is 15.1 Å². The molecule has 0 aromatic heterocycles. The van der Waals surface area contributed by atoms with E-state index in [1.54, 1.807) is 0 Å². The predicted molar refractivity (Wildman–Crippen MR) is 14.8 cm³/mol. The first kappa shape index (κ1) is 22.7. The van der Waals surface area contributed by atoms with Crippen molar-refractivity contribution in [2.24, 2.45) is 0 Å². The Balaban J connectivity index is -0.0000000150. The summed E-state index contributed by atoms with van der Waals surface area (Å²) in [4.78, 5) is 0. The van der Waals surface area contributed by atoms with Gasteiger partial charge in [0.2, 0.25) is 0 Å². The van der Waals surface area contributed by atoms with Crippen LogP contribution >= 0.6 is 0 Å². The fraction of sp³-hybridized carbons (Fsp3) is 0. The largest absolute Gasteiger partial charge is 3.00 e. The van der Waals surface area contributed by atoms with E-state index in [4.69, 9.17) is 15.1 Å². The van der Waals surface area contributed by atoms with E-state index < -0.39 is 7.32 Å². The van der Waals surface area contributed by atoms with Gasteiger partial charge in [-0.3, -0.25) is 7.32 Å². The van der Waals surface area contributed by atoms with E-state index >= 15 is 0 Å². The normalized spacial score (nSPS) is 3.86. The van der Waals surface area contributed by atoms with Crippen molar-refractivity contribution < 1.29 is 59.2 Å². The predicted octanol–water partition coefficient (Wildman–Crippen LogP) is -4.77. The minimum Gasteiger partial charge on any atom is -0.907 e. The van der Waals surface area contributed by atoms with E-state index in [2.05, 4.69) is 0 Å². The topological polar surface area (TPSA) is 99.2 Å². The molecule has 0 aliphatic rings. The Labute approximate surface area is 102 Å². The van der Waals surface area contributed by atoms with Crippen LogP contribution in [0.15, 0.2) is 0 Å². The van der Waals surface area contributed by atoms with Crippen molar-refractivity contribution >= 4 is 45.1 Å². The number of hydrogen-bond donors (Lipinski definition) is 0. The van der Waals surface area contributed by atoms with Gasteiger partial charge in [-0.05, 0) is 0 Å². The molecule has 0 saturated heterocycles. The Kier molecular flexibility index (Phi) is 51.2. The molecule has 4 nitrogen and oxygen atoms in total. The van der Waals surface area contributed by atoms with Crippen LogP contribution in [0.1, 0.15) is 0 Å². The first-order valence-corrected chi connectivity index (χ1v) is 0.707. The van der Waals surface area contributed by atoms with Crippen LogP contribution in [0.3, 0.4) is 0 Å². The van der Waals surface area contributed by atoms with Crippen LogP contribution in [0.5, 0.6) is 0 Å². The molecule has 0 fully saturated rings. The Bertz CT molecular complexity index is 16.4. The number of rotatable bonds is 0. The summed E-state index contributed by atoms with van der Waals surface area (Å²) in [6, 6.07) is 0. The maximum atomic E-state index is 8.42. The zero-order valence-electron chi connectivity index (χ0n) is 3.58. The van der Waals surface area contributed by atoms with E-state index in [1.165, 1.54) is 0 Å². The molecule has 0 bridgehead atoms. The molecule has 7 heteroatoms. The average Bonchev–Trinajstić information content (AvgIpc) is 0.811. The average molecular weight is 276 g/mol. The van der Waals surface area contributed by atoms with E-state index in [1.807, 2.05) is 0 Å². The van der Waals surface area contributed by atoms with Gasteiger partial charge in [-0.1, -0.05) is 0 Å². The molecule has 40 valence electrons. The van der Waals surface area contributed by atoms with Crippen LogP contribution in [0.25, 0.3) is 0 Å². The Morgan fingerprint density at radius 3 is 1.00 bits per heavy atom. The smallest absolute Gasteiger partial charge is 0.907 e. The summed E-state index contributed by atoms with van der Waals surface area (Å²) >= 11 is 0. The molecule has 0 spiro atoms.